The molecule has 1 aliphatic rings. The highest BCUT2D eigenvalue weighted by atomic mass is 32.2. The van der Waals surface area contributed by atoms with Crippen molar-refractivity contribution in [3.8, 4) is 0 Å². The van der Waals surface area contributed by atoms with E-state index in [2.05, 4.69) is 29.6 Å². The molecule has 3 heteroatoms. The molecule has 2 aromatic carbocycles. The molecule has 0 amide bonds. The van der Waals surface area contributed by atoms with Gasteiger partial charge in [-0.1, -0.05) is 18.2 Å². The van der Waals surface area contributed by atoms with Gasteiger partial charge in [-0.15, -0.1) is 11.8 Å². The van der Waals surface area contributed by atoms with Crippen LogP contribution in [0.1, 0.15) is 23.6 Å². The van der Waals surface area contributed by atoms with E-state index in [4.69, 9.17) is 0 Å². The molecular weight excluding hydrogens is 257 g/mol. The molecule has 0 radical (unpaired) electrons. The van der Waals surface area contributed by atoms with Crippen LogP contribution in [0.5, 0.6) is 0 Å². The van der Waals surface area contributed by atoms with Gasteiger partial charge < -0.3 is 5.32 Å². The number of benzene rings is 2. The summed E-state index contributed by atoms with van der Waals surface area (Å²) in [6.07, 6.45) is 1.10. The zero-order chi connectivity index (χ0) is 13.2. The smallest absolute Gasteiger partial charge is 0.126 e. The van der Waals surface area contributed by atoms with Gasteiger partial charge in [0, 0.05) is 16.3 Å². The summed E-state index contributed by atoms with van der Waals surface area (Å²) in [6, 6.07) is 14.0. The van der Waals surface area contributed by atoms with Crippen molar-refractivity contribution in [2.45, 2.75) is 24.3 Å². The van der Waals surface area contributed by atoms with Crippen LogP contribution >= 0.6 is 11.8 Å². The van der Waals surface area contributed by atoms with Crippen LogP contribution in [0.25, 0.3) is 0 Å². The maximum Gasteiger partial charge on any atom is 0.126 e. The van der Waals surface area contributed by atoms with Gasteiger partial charge in [-0.3, -0.25) is 0 Å². The topological polar surface area (TPSA) is 12.0 Å². The third kappa shape index (κ3) is 2.61. The van der Waals surface area contributed by atoms with Crippen LogP contribution in [0, 0.1) is 12.7 Å². The van der Waals surface area contributed by atoms with Crippen molar-refractivity contribution in [1.82, 2.24) is 0 Å². The minimum atomic E-state index is -0.148. The average Bonchev–Trinajstić information content (AvgIpc) is 2.43. The molecule has 0 bridgehead atoms. The van der Waals surface area contributed by atoms with Gasteiger partial charge in [0.1, 0.15) is 5.82 Å². The Labute approximate surface area is 117 Å². The third-order valence-corrected chi connectivity index (χ3v) is 4.58. The second-order valence-electron chi connectivity index (χ2n) is 4.84. The highest BCUT2D eigenvalue weighted by Crippen LogP contribution is 2.37. The Kier molecular flexibility index (Phi) is 3.47. The summed E-state index contributed by atoms with van der Waals surface area (Å²) < 4.78 is 13.3. The number of fused-ring (bicyclic) bond motifs is 1. The highest BCUT2D eigenvalue weighted by Gasteiger charge is 2.20. The lowest BCUT2D eigenvalue weighted by Crippen LogP contribution is -2.16. The first-order valence-corrected chi connectivity index (χ1v) is 7.47. The second-order valence-corrected chi connectivity index (χ2v) is 5.97. The van der Waals surface area contributed by atoms with E-state index in [9.17, 15) is 4.39 Å². The quantitative estimate of drug-likeness (QED) is 0.844. The van der Waals surface area contributed by atoms with Crippen LogP contribution in [0.4, 0.5) is 10.1 Å². The Hall–Kier alpha value is -1.48. The van der Waals surface area contributed by atoms with Crippen molar-refractivity contribution in [3.05, 3.63) is 59.4 Å². The monoisotopic (exact) mass is 273 g/mol. The Morgan fingerprint density at radius 1 is 1.21 bits per heavy atom. The molecule has 0 aliphatic carbocycles. The molecule has 1 nitrogen and oxygen atoms in total. The zero-order valence-electron chi connectivity index (χ0n) is 10.8. The largest absolute Gasteiger partial charge is 0.378 e. The van der Waals surface area contributed by atoms with E-state index in [0.29, 0.717) is 11.6 Å². The number of hydrogen-bond donors (Lipinski definition) is 1. The molecule has 1 atom stereocenters. The molecule has 0 saturated heterocycles. The van der Waals surface area contributed by atoms with Gasteiger partial charge in [0.05, 0.1) is 6.04 Å². The van der Waals surface area contributed by atoms with Crippen LogP contribution in [0.15, 0.2) is 47.4 Å². The first kappa shape index (κ1) is 12.5. The molecule has 0 saturated carbocycles. The Balaban J connectivity index is 1.86. The maximum absolute atomic E-state index is 13.3. The first-order valence-electron chi connectivity index (χ1n) is 6.48. The third-order valence-electron chi connectivity index (χ3n) is 3.46. The normalized spacial score (nSPS) is 17.9. The van der Waals surface area contributed by atoms with Gasteiger partial charge >= 0.3 is 0 Å². The molecule has 1 aliphatic heterocycles. The van der Waals surface area contributed by atoms with Crippen LogP contribution in [-0.4, -0.2) is 5.75 Å². The van der Waals surface area contributed by atoms with Crippen molar-refractivity contribution in [3.63, 3.8) is 0 Å². The molecule has 2 aromatic rings. The fourth-order valence-corrected chi connectivity index (χ4v) is 3.55. The van der Waals surface area contributed by atoms with Crippen LogP contribution in [0.3, 0.4) is 0 Å². The predicted octanol–water partition coefficient (Wildman–Crippen LogP) is 4.78. The summed E-state index contributed by atoms with van der Waals surface area (Å²) in [6.45, 7) is 1.80. The van der Waals surface area contributed by atoms with Crippen LogP contribution in [-0.2, 0) is 0 Å². The Morgan fingerprint density at radius 3 is 2.89 bits per heavy atom. The molecule has 19 heavy (non-hydrogen) atoms. The molecule has 1 heterocycles. The van der Waals surface area contributed by atoms with Crippen LogP contribution < -0.4 is 5.32 Å². The minimum Gasteiger partial charge on any atom is -0.378 e. The number of anilines is 1. The second kappa shape index (κ2) is 5.25. The summed E-state index contributed by atoms with van der Waals surface area (Å²) in [7, 11) is 0. The van der Waals surface area contributed by atoms with Gasteiger partial charge in [-0.2, -0.15) is 0 Å². The van der Waals surface area contributed by atoms with Crippen LogP contribution in [0.2, 0.25) is 0 Å². The molecule has 0 fully saturated rings. The number of thioether (sulfide) groups is 1. The lowest BCUT2D eigenvalue weighted by molar-refractivity contribution is 0.618. The van der Waals surface area contributed by atoms with Gasteiger partial charge in [-0.25, -0.2) is 4.39 Å². The number of rotatable bonds is 2. The van der Waals surface area contributed by atoms with Crippen molar-refractivity contribution in [2.24, 2.45) is 0 Å². The molecule has 1 unspecified atom stereocenters. The summed E-state index contributed by atoms with van der Waals surface area (Å²) in [5.74, 6) is 0.972. The zero-order valence-corrected chi connectivity index (χ0v) is 11.6. The first-order chi connectivity index (χ1) is 9.24. The number of halogens is 1. The predicted molar refractivity (Wildman–Crippen MR) is 79.3 cm³/mol. The average molecular weight is 273 g/mol. The van der Waals surface area contributed by atoms with E-state index in [0.717, 1.165) is 17.9 Å². The molecular formula is C16H16FNS. The van der Waals surface area contributed by atoms with Crippen molar-refractivity contribution < 1.29 is 4.39 Å². The lowest BCUT2D eigenvalue weighted by atomic mass is 10.0. The number of hydrogen-bond acceptors (Lipinski definition) is 2. The van der Waals surface area contributed by atoms with E-state index >= 15 is 0 Å². The standard InChI is InChI=1S/C16H16FNS/c1-11-10-12(6-7-14(11)17)18-15-8-9-19-16-5-3-2-4-13(15)16/h2-7,10,15,18H,8-9H2,1H3. The SMILES string of the molecule is Cc1cc(NC2CCSc3ccccc32)ccc1F. The van der Waals surface area contributed by atoms with Gasteiger partial charge in [0.15, 0.2) is 0 Å². The molecule has 0 aromatic heterocycles. The molecule has 98 valence electrons. The molecule has 0 spiro atoms. The number of nitrogens with one attached hydrogen (secondary N) is 1. The fraction of sp³-hybridized carbons (Fsp3) is 0.250. The van der Waals surface area contributed by atoms with E-state index < -0.39 is 0 Å². The van der Waals surface area contributed by atoms with E-state index in [1.54, 1.807) is 6.92 Å². The maximum atomic E-state index is 13.3. The Bertz CT molecular complexity index is 597. The highest BCUT2D eigenvalue weighted by molar-refractivity contribution is 7.99. The van der Waals surface area contributed by atoms with E-state index in [1.807, 2.05) is 23.9 Å². The Morgan fingerprint density at radius 2 is 2.05 bits per heavy atom. The van der Waals surface area contributed by atoms with E-state index in [1.165, 1.54) is 16.5 Å². The molecule has 3 rings (SSSR count). The molecule has 1 N–H and O–H groups in total. The van der Waals surface area contributed by atoms with Gasteiger partial charge in [0.25, 0.3) is 0 Å². The van der Waals surface area contributed by atoms with Crippen molar-refractivity contribution in [2.75, 3.05) is 11.1 Å². The van der Waals surface area contributed by atoms with Gasteiger partial charge in [-0.05, 0) is 48.7 Å². The van der Waals surface area contributed by atoms with Gasteiger partial charge in [0.2, 0.25) is 0 Å². The summed E-state index contributed by atoms with van der Waals surface area (Å²) in [5.41, 5.74) is 3.02. The number of aryl methyl sites for hydroxylation is 1. The lowest BCUT2D eigenvalue weighted by Gasteiger charge is -2.27. The summed E-state index contributed by atoms with van der Waals surface area (Å²) in [4.78, 5) is 1.35. The van der Waals surface area contributed by atoms with E-state index in [-0.39, 0.29) is 5.82 Å². The fourth-order valence-electron chi connectivity index (χ4n) is 2.43. The summed E-state index contributed by atoms with van der Waals surface area (Å²) in [5, 5.41) is 3.53. The van der Waals surface area contributed by atoms with Crippen molar-refractivity contribution in [1.29, 1.82) is 0 Å². The van der Waals surface area contributed by atoms with Crippen molar-refractivity contribution >= 4 is 17.4 Å². The summed E-state index contributed by atoms with van der Waals surface area (Å²) >= 11 is 1.91. The minimum absolute atomic E-state index is 0.148.